The van der Waals surface area contributed by atoms with Crippen LogP contribution in [0.2, 0.25) is 0 Å². The molecule has 1 aliphatic carbocycles. The van der Waals surface area contributed by atoms with Crippen LogP contribution in [0, 0.1) is 17.8 Å². The average molecular weight is 372 g/mol. The van der Waals surface area contributed by atoms with Gasteiger partial charge in [0.15, 0.2) is 0 Å². The SMILES string of the molecule is CC(C)c1ncc(C2CCN(C[C@H]3CC[C@@H](C(=O)C(C)C)CC3)CC2)cn1. The van der Waals surface area contributed by atoms with Gasteiger partial charge in [-0.2, -0.15) is 0 Å². The highest BCUT2D eigenvalue weighted by Gasteiger charge is 2.29. The van der Waals surface area contributed by atoms with Crippen molar-refractivity contribution in [3.63, 3.8) is 0 Å². The van der Waals surface area contributed by atoms with Crippen molar-refractivity contribution in [2.75, 3.05) is 19.6 Å². The third-order valence-corrected chi connectivity index (χ3v) is 6.60. The molecule has 0 amide bonds. The summed E-state index contributed by atoms with van der Waals surface area (Å²) in [6, 6.07) is 0. The first-order valence-corrected chi connectivity index (χ1v) is 11.0. The van der Waals surface area contributed by atoms with Gasteiger partial charge in [0.25, 0.3) is 0 Å². The number of likely N-dealkylation sites (tertiary alicyclic amines) is 1. The Morgan fingerprint density at radius 3 is 2.11 bits per heavy atom. The number of aromatic nitrogens is 2. The molecule has 0 bridgehead atoms. The summed E-state index contributed by atoms with van der Waals surface area (Å²) in [7, 11) is 0. The number of hydrogen-bond donors (Lipinski definition) is 0. The van der Waals surface area contributed by atoms with E-state index in [1.807, 2.05) is 13.8 Å². The standard InChI is InChI=1S/C23H37N3O/c1-16(2)22(27)20-7-5-18(6-8-20)15-26-11-9-19(10-12-26)21-13-24-23(17(3)4)25-14-21/h13-14,16-20H,5-12,15H2,1-4H3/t18-,20+. The van der Waals surface area contributed by atoms with E-state index in [1.165, 1.54) is 50.9 Å². The summed E-state index contributed by atoms with van der Waals surface area (Å²) in [4.78, 5) is 23.9. The van der Waals surface area contributed by atoms with E-state index in [1.54, 1.807) is 0 Å². The highest BCUT2D eigenvalue weighted by atomic mass is 16.1. The molecule has 2 aliphatic rings. The number of ketones is 1. The van der Waals surface area contributed by atoms with Crippen molar-refractivity contribution in [3.05, 3.63) is 23.8 Å². The van der Waals surface area contributed by atoms with Gasteiger partial charge in [-0.3, -0.25) is 4.79 Å². The van der Waals surface area contributed by atoms with Crippen LogP contribution in [0.1, 0.15) is 89.4 Å². The number of nitrogens with zero attached hydrogens (tertiary/aromatic N) is 3. The van der Waals surface area contributed by atoms with Crippen LogP contribution in [0.4, 0.5) is 0 Å². The molecule has 3 rings (SSSR count). The van der Waals surface area contributed by atoms with Crippen molar-refractivity contribution in [1.29, 1.82) is 0 Å². The highest BCUT2D eigenvalue weighted by Crippen LogP contribution is 2.33. The lowest BCUT2D eigenvalue weighted by molar-refractivity contribution is -0.127. The molecular formula is C23H37N3O. The lowest BCUT2D eigenvalue weighted by Crippen LogP contribution is -2.38. The third-order valence-electron chi connectivity index (χ3n) is 6.60. The van der Waals surface area contributed by atoms with E-state index in [2.05, 4.69) is 41.1 Å². The molecule has 0 unspecified atom stereocenters. The summed E-state index contributed by atoms with van der Waals surface area (Å²) in [6.45, 7) is 11.9. The van der Waals surface area contributed by atoms with E-state index in [4.69, 9.17) is 0 Å². The molecule has 0 N–H and O–H groups in total. The van der Waals surface area contributed by atoms with Crippen LogP contribution in [0.3, 0.4) is 0 Å². The molecule has 1 aromatic rings. The Morgan fingerprint density at radius 1 is 1.00 bits per heavy atom. The van der Waals surface area contributed by atoms with Crippen molar-refractivity contribution < 1.29 is 4.79 Å². The second kappa shape index (κ2) is 9.27. The van der Waals surface area contributed by atoms with E-state index in [9.17, 15) is 4.79 Å². The molecule has 1 saturated heterocycles. The largest absolute Gasteiger partial charge is 0.303 e. The zero-order valence-electron chi connectivity index (χ0n) is 17.7. The minimum Gasteiger partial charge on any atom is -0.303 e. The zero-order valence-corrected chi connectivity index (χ0v) is 17.7. The van der Waals surface area contributed by atoms with E-state index in [0.29, 0.717) is 23.5 Å². The van der Waals surface area contributed by atoms with Crippen LogP contribution in [0.25, 0.3) is 0 Å². The van der Waals surface area contributed by atoms with Gasteiger partial charge in [-0.1, -0.05) is 27.7 Å². The second-order valence-corrected chi connectivity index (χ2v) is 9.38. The first-order chi connectivity index (χ1) is 12.9. The van der Waals surface area contributed by atoms with Crippen LogP contribution in [0.5, 0.6) is 0 Å². The quantitative estimate of drug-likeness (QED) is 0.720. The molecule has 1 aliphatic heterocycles. The van der Waals surface area contributed by atoms with Gasteiger partial charge < -0.3 is 4.90 Å². The van der Waals surface area contributed by atoms with Gasteiger partial charge in [0, 0.05) is 36.7 Å². The summed E-state index contributed by atoms with van der Waals surface area (Å²) in [6.07, 6.45) is 11.2. The molecule has 0 aromatic carbocycles. The molecule has 0 spiro atoms. The Hall–Kier alpha value is -1.29. The molecule has 1 aromatic heterocycles. The highest BCUT2D eigenvalue weighted by molar-refractivity contribution is 5.82. The van der Waals surface area contributed by atoms with Gasteiger partial charge in [-0.25, -0.2) is 9.97 Å². The Morgan fingerprint density at radius 2 is 1.59 bits per heavy atom. The molecule has 1 saturated carbocycles. The molecule has 4 heteroatoms. The van der Waals surface area contributed by atoms with Gasteiger partial charge in [0.2, 0.25) is 0 Å². The first kappa shape index (κ1) is 20.4. The molecule has 0 radical (unpaired) electrons. The maximum atomic E-state index is 12.2. The summed E-state index contributed by atoms with van der Waals surface area (Å²) in [5, 5.41) is 0. The molecule has 2 fully saturated rings. The molecule has 0 atom stereocenters. The van der Waals surface area contributed by atoms with Crippen molar-refractivity contribution in [2.24, 2.45) is 17.8 Å². The number of carbonyl (C=O) groups excluding carboxylic acids is 1. The summed E-state index contributed by atoms with van der Waals surface area (Å²) < 4.78 is 0. The van der Waals surface area contributed by atoms with E-state index < -0.39 is 0 Å². The fourth-order valence-electron chi connectivity index (χ4n) is 4.77. The Bertz CT molecular complexity index is 595. The van der Waals surface area contributed by atoms with Crippen LogP contribution in [-0.2, 0) is 4.79 Å². The van der Waals surface area contributed by atoms with E-state index >= 15 is 0 Å². The van der Waals surface area contributed by atoms with Crippen molar-refractivity contribution in [2.45, 2.75) is 78.1 Å². The van der Waals surface area contributed by atoms with Crippen LogP contribution >= 0.6 is 0 Å². The number of rotatable bonds is 6. The van der Waals surface area contributed by atoms with Gasteiger partial charge in [-0.05, 0) is 69.0 Å². The molecule has 2 heterocycles. The minimum atomic E-state index is 0.198. The van der Waals surface area contributed by atoms with Crippen molar-refractivity contribution in [1.82, 2.24) is 14.9 Å². The Labute approximate surface area is 165 Å². The summed E-state index contributed by atoms with van der Waals surface area (Å²) >= 11 is 0. The Kier molecular flexibility index (Phi) is 7.02. The van der Waals surface area contributed by atoms with Gasteiger partial charge in [0.05, 0.1) is 0 Å². The normalized spacial score (nSPS) is 25.3. The average Bonchev–Trinajstić information content (AvgIpc) is 2.68. The summed E-state index contributed by atoms with van der Waals surface area (Å²) in [5.74, 6) is 3.76. The second-order valence-electron chi connectivity index (χ2n) is 9.38. The molecule has 4 nitrogen and oxygen atoms in total. The fourth-order valence-corrected chi connectivity index (χ4v) is 4.77. The predicted molar refractivity (Wildman–Crippen MR) is 110 cm³/mol. The number of hydrogen-bond acceptors (Lipinski definition) is 4. The maximum absolute atomic E-state index is 12.2. The van der Waals surface area contributed by atoms with E-state index in [0.717, 1.165) is 24.6 Å². The van der Waals surface area contributed by atoms with Gasteiger partial charge >= 0.3 is 0 Å². The van der Waals surface area contributed by atoms with Gasteiger partial charge in [0.1, 0.15) is 11.6 Å². The smallest absolute Gasteiger partial charge is 0.138 e. The topological polar surface area (TPSA) is 46.1 Å². The van der Waals surface area contributed by atoms with Crippen LogP contribution < -0.4 is 0 Å². The van der Waals surface area contributed by atoms with Crippen LogP contribution in [0.15, 0.2) is 12.4 Å². The van der Waals surface area contributed by atoms with Crippen LogP contribution in [-0.4, -0.2) is 40.3 Å². The Balaban J connectivity index is 1.42. The molecule has 150 valence electrons. The molecule has 27 heavy (non-hydrogen) atoms. The number of piperidine rings is 1. The van der Waals surface area contributed by atoms with Crippen molar-refractivity contribution in [3.8, 4) is 0 Å². The maximum Gasteiger partial charge on any atom is 0.138 e. The van der Waals surface area contributed by atoms with E-state index in [-0.39, 0.29) is 5.92 Å². The fraction of sp³-hybridized carbons (Fsp3) is 0.783. The third kappa shape index (κ3) is 5.37. The number of Topliss-reactive ketones (excluding diaryl/α,β-unsaturated/α-hetero) is 1. The zero-order chi connectivity index (χ0) is 19.4. The number of carbonyl (C=O) groups is 1. The lowest BCUT2D eigenvalue weighted by Gasteiger charge is -2.36. The summed E-state index contributed by atoms with van der Waals surface area (Å²) in [5.41, 5.74) is 1.31. The predicted octanol–water partition coefficient (Wildman–Crippen LogP) is 4.81. The minimum absolute atomic E-state index is 0.198. The van der Waals surface area contributed by atoms with Crippen molar-refractivity contribution >= 4 is 5.78 Å². The first-order valence-electron chi connectivity index (χ1n) is 11.0. The molecular weight excluding hydrogens is 334 g/mol. The van der Waals surface area contributed by atoms with Gasteiger partial charge in [-0.15, -0.1) is 0 Å². The lowest BCUT2D eigenvalue weighted by atomic mass is 9.77. The monoisotopic (exact) mass is 371 g/mol.